The van der Waals surface area contributed by atoms with Crippen molar-refractivity contribution in [1.82, 2.24) is 0 Å². The molecule has 2 unspecified atom stereocenters. The molecule has 2 rings (SSSR count). The maximum atomic E-state index is 11.2. The lowest BCUT2D eigenvalue weighted by atomic mass is 9.96. The Labute approximate surface area is 102 Å². The summed E-state index contributed by atoms with van der Waals surface area (Å²) in [5, 5.41) is 0. The van der Waals surface area contributed by atoms with E-state index >= 15 is 0 Å². The summed E-state index contributed by atoms with van der Waals surface area (Å²) in [5.41, 5.74) is 0. The summed E-state index contributed by atoms with van der Waals surface area (Å²) >= 11 is 0. The van der Waals surface area contributed by atoms with Gasteiger partial charge in [-0.25, -0.2) is 0 Å². The van der Waals surface area contributed by atoms with Crippen molar-refractivity contribution in [3.05, 3.63) is 0 Å². The number of carbonyl (C=O) groups excluding carboxylic acids is 2. The third kappa shape index (κ3) is 3.45. The van der Waals surface area contributed by atoms with Crippen LogP contribution in [0.25, 0.3) is 0 Å². The van der Waals surface area contributed by atoms with Crippen molar-refractivity contribution in [2.45, 2.75) is 44.9 Å². The smallest absolute Gasteiger partial charge is 0.309 e. The average Bonchev–Trinajstić information content (AvgIpc) is 2.89. The van der Waals surface area contributed by atoms with E-state index in [2.05, 4.69) is 0 Å². The van der Waals surface area contributed by atoms with Crippen molar-refractivity contribution in [2.75, 3.05) is 13.2 Å². The van der Waals surface area contributed by atoms with Crippen molar-refractivity contribution < 1.29 is 19.1 Å². The summed E-state index contributed by atoms with van der Waals surface area (Å²) in [6.07, 6.45) is 6.85. The lowest BCUT2D eigenvalue weighted by molar-refractivity contribution is -0.142. The van der Waals surface area contributed by atoms with Crippen LogP contribution < -0.4 is 0 Å². The molecule has 96 valence electrons. The molecule has 4 nitrogen and oxygen atoms in total. The molecule has 0 saturated carbocycles. The van der Waals surface area contributed by atoms with Crippen LogP contribution >= 0.6 is 0 Å². The number of ether oxygens (including phenoxy) is 2. The molecular weight excluding hydrogens is 220 g/mol. The lowest BCUT2D eigenvalue weighted by Gasteiger charge is -2.06. The highest BCUT2D eigenvalue weighted by Crippen LogP contribution is 2.24. The maximum absolute atomic E-state index is 11.2. The van der Waals surface area contributed by atoms with Gasteiger partial charge >= 0.3 is 11.9 Å². The van der Waals surface area contributed by atoms with Gasteiger partial charge in [-0.05, 0) is 25.7 Å². The maximum Gasteiger partial charge on any atom is 0.309 e. The molecule has 2 atom stereocenters. The Kier molecular flexibility index (Phi) is 4.40. The number of cyclic esters (lactones) is 2. The van der Waals surface area contributed by atoms with Gasteiger partial charge in [0.2, 0.25) is 0 Å². The molecule has 0 spiro atoms. The predicted octanol–water partition coefficient (Wildman–Crippen LogP) is 2.06. The molecule has 17 heavy (non-hydrogen) atoms. The van der Waals surface area contributed by atoms with Gasteiger partial charge < -0.3 is 9.47 Å². The van der Waals surface area contributed by atoms with Gasteiger partial charge in [-0.15, -0.1) is 0 Å². The summed E-state index contributed by atoms with van der Waals surface area (Å²) in [5.74, 6) is 0.214. The van der Waals surface area contributed by atoms with Gasteiger partial charge in [-0.3, -0.25) is 9.59 Å². The Morgan fingerprint density at radius 1 is 0.824 bits per heavy atom. The number of hydrogen-bond donors (Lipinski definition) is 0. The topological polar surface area (TPSA) is 52.6 Å². The molecule has 0 amide bonds. The first-order valence-electron chi connectivity index (χ1n) is 6.60. The van der Waals surface area contributed by atoms with Crippen LogP contribution in [0.4, 0.5) is 0 Å². The third-order valence-electron chi connectivity index (χ3n) is 3.69. The molecule has 2 saturated heterocycles. The van der Waals surface area contributed by atoms with Crippen molar-refractivity contribution in [3.63, 3.8) is 0 Å². The number of rotatable bonds is 6. The Bertz CT molecular complexity index is 259. The SMILES string of the molecule is O=C1OCCC1CCCCCC1CCOC1=O. The summed E-state index contributed by atoms with van der Waals surface area (Å²) in [7, 11) is 0. The van der Waals surface area contributed by atoms with Crippen LogP contribution in [-0.4, -0.2) is 25.2 Å². The summed E-state index contributed by atoms with van der Waals surface area (Å²) < 4.78 is 9.84. The Morgan fingerprint density at radius 3 is 1.65 bits per heavy atom. The van der Waals surface area contributed by atoms with Gasteiger partial charge in [0.05, 0.1) is 25.0 Å². The first-order valence-corrected chi connectivity index (χ1v) is 6.60. The van der Waals surface area contributed by atoms with Gasteiger partial charge in [-0.1, -0.05) is 19.3 Å². The molecule has 0 aromatic carbocycles. The second-order valence-electron chi connectivity index (χ2n) is 4.94. The van der Waals surface area contributed by atoms with E-state index in [1.54, 1.807) is 0 Å². The van der Waals surface area contributed by atoms with Crippen LogP contribution in [0.2, 0.25) is 0 Å². The third-order valence-corrected chi connectivity index (χ3v) is 3.69. The van der Waals surface area contributed by atoms with Crippen molar-refractivity contribution in [3.8, 4) is 0 Å². The zero-order valence-corrected chi connectivity index (χ0v) is 10.2. The lowest BCUT2D eigenvalue weighted by Crippen LogP contribution is -2.08. The van der Waals surface area contributed by atoms with Crippen LogP contribution in [0.5, 0.6) is 0 Å². The zero-order chi connectivity index (χ0) is 12.1. The quantitative estimate of drug-likeness (QED) is 0.527. The Hall–Kier alpha value is -1.06. The summed E-state index contributed by atoms with van der Waals surface area (Å²) in [6, 6.07) is 0. The first-order chi connectivity index (χ1) is 8.27. The molecule has 2 fully saturated rings. The fourth-order valence-electron chi connectivity index (χ4n) is 2.56. The molecular formula is C13H20O4. The Morgan fingerprint density at radius 2 is 1.29 bits per heavy atom. The van der Waals surface area contributed by atoms with E-state index in [0.29, 0.717) is 13.2 Å². The fourth-order valence-corrected chi connectivity index (χ4v) is 2.56. The largest absolute Gasteiger partial charge is 0.465 e. The molecule has 0 radical (unpaired) electrons. The zero-order valence-electron chi connectivity index (χ0n) is 10.2. The molecule has 0 aromatic rings. The molecule has 2 heterocycles. The highest BCUT2D eigenvalue weighted by molar-refractivity contribution is 5.74. The molecule has 0 bridgehead atoms. The molecule has 0 aliphatic carbocycles. The van der Waals surface area contributed by atoms with Crippen LogP contribution in [0.1, 0.15) is 44.9 Å². The second kappa shape index (κ2) is 6.03. The fraction of sp³-hybridized carbons (Fsp3) is 0.846. The Balaban J connectivity index is 1.51. The normalized spacial score (nSPS) is 28.2. The van der Waals surface area contributed by atoms with E-state index in [4.69, 9.17) is 9.47 Å². The van der Waals surface area contributed by atoms with E-state index in [9.17, 15) is 9.59 Å². The number of esters is 2. The van der Waals surface area contributed by atoms with Gasteiger partial charge in [-0.2, -0.15) is 0 Å². The van der Waals surface area contributed by atoms with Crippen LogP contribution in [0, 0.1) is 11.8 Å². The highest BCUT2D eigenvalue weighted by atomic mass is 16.5. The predicted molar refractivity (Wildman–Crippen MR) is 61.2 cm³/mol. The van der Waals surface area contributed by atoms with E-state index in [1.807, 2.05) is 0 Å². The van der Waals surface area contributed by atoms with Crippen molar-refractivity contribution in [1.29, 1.82) is 0 Å². The van der Waals surface area contributed by atoms with Gasteiger partial charge in [0.25, 0.3) is 0 Å². The molecule has 4 heteroatoms. The van der Waals surface area contributed by atoms with Crippen LogP contribution in [0.15, 0.2) is 0 Å². The van der Waals surface area contributed by atoms with E-state index in [1.165, 1.54) is 0 Å². The molecule has 2 aliphatic heterocycles. The number of carbonyl (C=O) groups is 2. The molecule has 0 aromatic heterocycles. The number of hydrogen-bond acceptors (Lipinski definition) is 4. The van der Waals surface area contributed by atoms with E-state index < -0.39 is 0 Å². The van der Waals surface area contributed by atoms with E-state index in [-0.39, 0.29) is 23.8 Å². The highest BCUT2D eigenvalue weighted by Gasteiger charge is 2.27. The minimum Gasteiger partial charge on any atom is -0.465 e. The van der Waals surface area contributed by atoms with Crippen molar-refractivity contribution >= 4 is 11.9 Å². The van der Waals surface area contributed by atoms with Crippen LogP contribution in [-0.2, 0) is 19.1 Å². The van der Waals surface area contributed by atoms with Crippen LogP contribution in [0.3, 0.4) is 0 Å². The molecule has 2 aliphatic rings. The minimum atomic E-state index is -0.0237. The monoisotopic (exact) mass is 240 g/mol. The first kappa shape index (κ1) is 12.4. The summed E-state index contributed by atoms with van der Waals surface area (Å²) in [4.78, 5) is 22.4. The van der Waals surface area contributed by atoms with Crippen molar-refractivity contribution in [2.24, 2.45) is 11.8 Å². The van der Waals surface area contributed by atoms with Gasteiger partial charge in [0.15, 0.2) is 0 Å². The van der Waals surface area contributed by atoms with Gasteiger partial charge in [0.1, 0.15) is 0 Å². The number of unbranched alkanes of at least 4 members (excludes halogenated alkanes) is 2. The standard InChI is InChI=1S/C13H20O4/c14-12-10(6-8-16-12)4-2-1-3-5-11-7-9-17-13(11)15/h10-11H,1-9H2. The summed E-state index contributed by atoms with van der Waals surface area (Å²) in [6.45, 7) is 1.19. The average molecular weight is 240 g/mol. The molecule has 0 N–H and O–H groups in total. The second-order valence-corrected chi connectivity index (χ2v) is 4.94. The van der Waals surface area contributed by atoms with Gasteiger partial charge in [0, 0.05) is 0 Å². The minimum absolute atomic E-state index is 0.0237. The van der Waals surface area contributed by atoms with E-state index in [0.717, 1.165) is 44.9 Å².